The number of halogens is 1. The summed E-state index contributed by atoms with van der Waals surface area (Å²) in [4.78, 5) is 0. The first-order valence-electron chi connectivity index (χ1n) is 5.03. The molecule has 0 heterocycles. The fraction of sp³-hybridized carbons (Fsp3) is 0.455. The van der Waals surface area contributed by atoms with Gasteiger partial charge in [0.15, 0.2) is 0 Å². The van der Waals surface area contributed by atoms with Crippen LogP contribution in [0.4, 0.5) is 4.39 Å². The van der Waals surface area contributed by atoms with Crippen LogP contribution in [-0.4, -0.2) is 0 Å². The van der Waals surface area contributed by atoms with Crippen molar-refractivity contribution in [3.63, 3.8) is 0 Å². The molecule has 2 nitrogen and oxygen atoms in total. The normalized spacial score (nSPS) is 19.0. The molecule has 2 rings (SSSR count). The maximum absolute atomic E-state index is 12.7. The van der Waals surface area contributed by atoms with Gasteiger partial charge in [0, 0.05) is 6.04 Å². The van der Waals surface area contributed by atoms with E-state index >= 15 is 0 Å². The van der Waals surface area contributed by atoms with Crippen LogP contribution in [0.25, 0.3) is 0 Å². The molecule has 3 heteroatoms. The first-order valence-corrected chi connectivity index (χ1v) is 5.03. The van der Waals surface area contributed by atoms with Crippen molar-refractivity contribution in [2.45, 2.75) is 25.3 Å². The maximum Gasteiger partial charge on any atom is 0.123 e. The number of hydrazine groups is 1. The van der Waals surface area contributed by atoms with E-state index < -0.39 is 0 Å². The van der Waals surface area contributed by atoms with Crippen LogP contribution >= 0.6 is 0 Å². The second kappa shape index (κ2) is 4.07. The van der Waals surface area contributed by atoms with E-state index in [1.807, 2.05) is 0 Å². The van der Waals surface area contributed by atoms with Crippen LogP contribution in [0.15, 0.2) is 24.3 Å². The molecule has 0 spiro atoms. The van der Waals surface area contributed by atoms with Crippen molar-refractivity contribution in [1.82, 2.24) is 5.43 Å². The van der Waals surface area contributed by atoms with Crippen LogP contribution in [0.3, 0.4) is 0 Å². The molecule has 0 aromatic heterocycles. The molecule has 1 fully saturated rings. The molecule has 1 saturated carbocycles. The average molecular weight is 194 g/mol. The highest BCUT2D eigenvalue weighted by atomic mass is 19.1. The SMILES string of the molecule is NN[C@@H](c1ccc(F)cc1)C1CCC1. The van der Waals surface area contributed by atoms with Crippen molar-refractivity contribution in [2.75, 3.05) is 0 Å². The zero-order valence-electron chi connectivity index (χ0n) is 8.04. The minimum Gasteiger partial charge on any atom is -0.271 e. The van der Waals surface area contributed by atoms with Gasteiger partial charge in [0.25, 0.3) is 0 Å². The molecule has 0 radical (unpaired) electrons. The van der Waals surface area contributed by atoms with Crippen LogP contribution in [0.5, 0.6) is 0 Å². The van der Waals surface area contributed by atoms with Gasteiger partial charge in [-0.1, -0.05) is 18.6 Å². The van der Waals surface area contributed by atoms with Crippen LogP contribution in [0.1, 0.15) is 30.9 Å². The second-order valence-corrected chi connectivity index (χ2v) is 3.89. The number of nitrogens with one attached hydrogen (secondary N) is 1. The van der Waals surface area contributed by atoms with Gasteiger partial charge >= 0.3 is 0 Å². The van der Waals surface area contributed by atoms with Crippen LogP contribution in [-0.2, 0) is 0 Å². The molecule has 0 bridgehead atoms. The fourth-order valence-electron chi connectivity index (χ4n) is 1.95. The van der Waals surface area contributed by atoms with Crippen molar-refractivity contribution in [2.24, 2.45) is 11.8 Å². The van der Waals surface area contributed by atoms with Crippen molar-refractivity contribution in [3.05, 3.63) is 35.6 Å². The van der Waals surface area contributed by atoms with Gasteiger partial charge in [-0.15, -0.1) is 0 Å². The fourth-order valence-corrected chi connectivity index (χ4v) is 1.95. The first-order chi connectivity index (χ1) is 6.81. The molecule has 1 atom stereocenters. The minimum atomic E-state index is -0.196. The molecule has 1 aliphatic rings. The van der Waals surface area contributed by atoms with Gasteiger partial charge in [-0.05, 0) is 36.5 Å². The Morgan fingerprint density at radius 1 is 1.29 bits per heavy atom. The quantitative estimate of drug-likeness (QED) is 0.571. The van der Waals surface area contributed by atoms with Crippen molar-refractivity contribution in [3.8, 4) is 0 Å². The van der Waals surface area contributed by atoms with Gasteiger partial charge in [-0.25, -0.2) is 4.39 Å². The zero-order chi connectivity index (χ0) is 9.97. The lowest BCUT2D eigenvalue weighted by molar-refractivity contribution is 0.232. The summed E-state index contributed by atoms with van der Waals surface area (Å²) < 4.78 is 12.7. The highest BCUT2D eigenvalue weighted by Gasteiger charge is 2.27. The standard InChI is InChI=1S/C11H15FN2/c12-10-6-4-9(5-7-10)11(14-13)8-2-1-3-8/h4-8,11,14H,1-3,13H2/t11-/m1/s1. The van der Waals surface area contributed by atoms with Gasteiger partial charge in [-0.2, -0.15) is 0 Å². The molecule has 1 aromatic carbocycles. The second-order valence-electron chi connectivity index (χ2n) is 3.89. The summed E-state index contributed by atoms with van der Waals surface area (Å²) in [5.74, 6) is 5.93. The van der Waals surface area contributed by atoms with Gasteiger partial charge < -0.3 is 0 Å². The van der Waals surface area contributed by atoms with E-state index in [0.717, 1.165) is 5.56 Å². The summed E-state index contributed by atoms with van der Waals surface area (Å²) in [7, 11) is 0. The zero-order valence-corrected chi connectivity index (χ0v) is 8.04. The Balaban J connectivity index is 2.14. The summed E-state index contributed by atoms with van der Waals surface area (Å²) in [5.41, 5.74) is 3.90. The maximum atomic E-state index is 12.7. The Labute approximate surface area is 83.3 Å². The third kappa shape index (κ3) is 1.79. The summed E-state index contributed by atoms with van der Waals surface area (Å²) in [6, 6.07) is 6.76. The third-order valence-electron chi connectivity index (χ3n) is 3.03. The molecular weight excluding hydrogens is 179 g/mol. The Bertz CT molecular complexity index is 293. The molecular formula is C11H15FN2. The van der Waals surface area contributed by atoms with Crippen molar-refractivity contribution in [1.29, 1.82) is 0 Å². The number of nitrogens with two attached hydrogens (primary N) is 1. The van der Waals surface area contributed by atoms with E-state index in [1.54, 1.807) is 12.1 Å². The predicted molar refractivity (Wildman–Crippen MR) is 53.8 cm³/mol. The Kier molecular flexibility index (Phi) is 2.79. The van der Waals surface area contributed by atoms with Crippen LogP contribution < -0.4 is 11.3 Å². The highest BCUT2D eigenvalue weighted by molar-refractivity contribution is 5.21. The molecule has 14 heavy (non-hydrogen) atoms. The lowest BCUT2D eigenvalue weighted by Crippen LogP contribution is -2.36. The van der Waals surface area contributed by atoms with Crippen LogP contribution in [0, 0.1) is 11.7 Å². The van der Waals surface area contributed by atoms with E-state index in [1.165, 1.54) is 31.4 Å². The molecule has 1 aromatic rings. The minimum absolute atomic E-state index is 0.185. The van der Waals surface area contributed by atoms with E-state index in [0.29, 0.717) is 5.92 Å². The molecule has 0 amide bonds. The molecule has 1 aliphatic carbocycles. The lowest BCUT2D eigenvalue weighted by atomic mass is 9.77. The van der Waals surface area contributed by atoms with E-state index in [-0.39, 0.29) is 11.9 Å². The van der Waals surface area contributed by atoms with Gasteiger partial charge in [0.2, 0.25) is 0 Å². The van der Waals surface area contributed by atoms with Gasteiger partial charge in [0.1, 0.15) is 5.82 Å². The summed E-state index contributed by atoms with van der Waals surface area (Å²) in [5, 5.41) is 0. The van der Waals surface area contributed by atoms with Crippen LogP contribution in [0.2, 0.25) is 0 Å². The number of rotatable bonds is 3. The number of benzene rings is 1. The van der Waals surface area contributed by atoms with E-state index in [9.17, 15) is 4.39 Å². The van der Waals surface area contributed by atoms with Crippen molar-refractivity contribution < 1.29 is 4.39 Å². The molecule has 0 aliphatic heterocycles. The Hall–Kier alpha value is -0.930. The Morgan fingerprint density at radius 2 is 1.93 bits per heavy atom. The van der Waals surface area contributed by atoms with E-state index in [2.05, 4.69) is 5.43 Å². The van der Waals surface area contributed by atoms with Gasteiger partial charge in [0.05, 0.1) is 0 Å². The highest BCUT2D eigenvalue weighted by Crippen LogP contribution is 2.37. The smallest absolute Gasteiger partial charge is 0.123 e. The monoisotopic (exact) mass is 194 g/mol. The molecule has 3 N–H and O–H groups in total. The number of hydrogen-bond acceptors (Lipinski definition) is 2. The molecule has 76 valence electrons. The third-order valence-corrected chi connectivity index (χ3v) is 3.03. The first kappa shape index (κ1) is 9.62. The average Bonchev–Trinajstić information content (AvgIpc) is 2.13. The Morgan fingerprint density at radius 3 is 2.36 bits per heavy atom. The summed E-state index contributed by atoms with van der Waals surface area (Å²) in [6.07, 6.45) is 3.71. The summed E-state index contributed by atoms with van der Waals surface area (Å²) in [6.45, 7) is 0. The molecule has 0 saturated heterocycles. The van der Waals surface area contributed by atoms with Crippen molar-refractivity contribution >= 4 is 0 Å². The lowest BCUT2D eigenvalue weighted by Gasteiger charge is -2.33. The molecule has 0 unspecified atom stereocenters. The topological polar surface area (TPSA) is 38.0 Å². The van der Waals surface area contributed by atoms with Gasteiger partial charge in [-0.3, -0.25) is 11.3 Å². The largest absolute Gasteiger partial charge is 0.271 e. The van der Waals surface area contributed by atoms with E-state index in [4.69, 9.17) is 5.84 Å². The number of hydrogen-bond donors (Lipinski definition) is 2. The predicted octanol–water partition coefficient (Wildman–Crippen LogP) is 2.13. The summed E-state index contributed by atoms with van der Waals surface area (Å²) >= 11 is 0.